The first-order chi connectivity index (χ1) is 20.9. The third-order valence-corrected chi connectivity index (χ3v) is 8.59. The van der Waals surface area contributed by atoms with Crippen LogP contribution in [0.1, 0.15) is 53.2 Å². The summed E-state index contributed by atoms with van der Waals surface area (Å²) in [6, 6.07) is 14.7. The smallest absolute Gasteiger partial charge is 0.251 e. The van der Waals surface area contributed by atoms with Crippen molar-refractivity contribution in [2.24, 2.45) is 11.7 Å². The molecule has 0 unspecified atom stereocenters. The number of benzene rings is 2. The Balaban J connectivity index is 1.23. The number of carbonyl (C=O) groups is 2. The van der Waals surface area contributed by atoms with E-state index in [1.54, 1.807) is 36.5 Å². The number of rotatable bonds is 10. The molecule has 8 nitrogen and oxygen atoms in total. The van der Waals surface area contributed by atoms with Crippen LogP contribution in [-0.4, -0.2) is 47.7 Å². The Morgan fingerprint density at radius 3 is 2.60 bits per heavy atom. The van der Waals surface area contributed by atoms with Gasteiger partial charge in [0.25, 0.3) is 5.91 Å². The number of nitrogens with two attached hydrogens (primary N) is 1. The van der Waals surface area contributed by atoms with Gasteiger partial charge in [-0.15, -0.1) is 0 Å². The Bertz CT molecular complexity index is 1740. The Morgan fingerprint density at radius 1 is 1.12 bits per heavy atom. The highest BCUT2D eigenvalue weighted by Crippen LogP contribution is 2.48. The molecule has 3 aliphatic rings. The number of nitrogens with one attached hydrogen (secondary N) is 1. The molecular weight excluding hydrogens is 554 g/mol. The van der Waals surface area contributed by atoms with Crippen LogP contribution < -0.4 is 20.5 Å². The van der Waals surface area contributed by atoms with E-state index < -0.39 is 23.8 Å². The molecule has 1 aliphatic heterocycles. The zero-order valence-electron chi connectivity index (χ0n) is 23.3. The first kappa shape index (κ1) is 27.2. The molecule has 2 aliphatic carbocycles. The van der Waals surface area contributed by atoms with Crippen LogP contribution in [0.15, 0.2) is 60.8 Å². The Kier molecular flexibility index (Phi) is 6.71. The van der Waals surface area contributed by atoms with E-state index in [2.05, 4.69) is 10.3 Å². The van der Waals surface area contributed by atoms with E-state index in [0.29, 0.717) is 39.3 Å². The second-order valence-electron chi connectivity index (χ2n) is 11.7. The summed E-state index contributed by atoms with van der Waals surface area (Å²) in [6.07, 6.45) is 5.68. The van der Waals surface area contributed by atoms with Crippen molar-refractivity contribution in [3.63, 3.8) is 0 Å². The fourth-order valence-corrected chi connectivity index (χ4v) is 5.76. The predicted molar refractivity (Wildman–Crippen MR) is 155 cm³/mol. The molecule has 2 aromatic carbocycles. The van der Waals surface area contributed by atoms with Gasteiger partial charge >= 0.3 is 0 Å². The molecule has 2 aromatic heterocycles. The molecular formula is C33H30F2N4O4. The zero-order chi connectivity index (χ0) is 29.7. The lowest BCUT2D eigenvalue weighted by Gasteiger charge is -2.23. The van der Waals surface area contributed by atoms with Gasteiger partial charge in [-0.25, -0.2) is 13.8 Å². The van der Waals surface area contributed by atoms with E-state index in [1.807, 2.05) is 12.1 Å². The molecule has 2 saturated carbocycles. The topological polar surface area (TPSA) is 116 Å². The third kappa shape index (κ3) is 5.04. The molecule has 2 amide bonds. The molecule has 0 bridgehead atoms. The van der Waals surface area contributed by atoms with Crippen molar-refractivity contribution in [2.75, 3.05) is 19.8 Å². The van der Waals surface area contributed by atoms with Gasteiger partial charge < -0.3 is 20.5 Å². The zero-order valence-corrected chi connectivity index (χ0v) is 23.3. The SMILES string of the molecule is NC(=O)[C@]1(CF)COc2c1cc([C@@H](CNC(=O)c1cc(OC3CC3)c3ncccc3c1)C1CC1)nc2-c1ccc(F)cc1. The molecule has 43 heavy (non-hydrogen) atoms. The highest BCUT2D eigenvalue weighted by molar-refractivity contribution is 6.00. The number of aromatic nitrogens is 2. The number of pyridine rings is 2. The van der Waals surface area contributed by atoms with Crippen LogP contribution >= 0.6 is 0 Å². The van der Waals surface area contributed by atoms with E-state index in [9.17, 15) is 18.4 Å². The van der Waals surface area contributed by atoms with Crippen molar-refractivity contribution in [2.45, 2.75) is 43.1 Å². The minimum Gasteiger partial charge on any atom is -0.489 e. The summed E-state index contributed by atoms with van der Waals surface area (Å²) >= 11 is 0. The van der Waals surface area contributed by atoms with E-state index in [-0.39, 0.29) is 42.7 Å². The Labute approximate surface area is 246 Å². The lowest BCUT2D eigenvalue weighted by atomic mass is 9.81. The Hall–Kier alpha value is -4.60. The quantitative estimate of drug-likeness (QED) is 0.272. The summed E-state index contributed by atoms with van der Waals surface area (Å²) in [5, 5.41) is 3.88. The minimum absolute atomic E-state index is 0.143. The van der Waals surface area contributed by atoms with Crippen molar-refractivity contribution in [3.05, 3.63) is 83.4 Å². The monoisotopic (exact) mass is 584 g/mol. The molecule has 2 atom stereocenters. The number of primary amides is 1. The highest BCUT2D eigenvalue weighted by Gasteiger charge is 2.49. The van der Waals surface area contributed by atoms with Crippen molar-refractivity contribution < 1.29 is 27.8 Å². The maximum Gasteiger partial charge on any atom is 0.251 e. The molecule has 0 spiro atoms. The van der Waals surface area contributed by atoms with Crippen LogP contribution in [0.2, 0.25) is 0 Å². The Morgan fingerprint density at radius 2 is 1.91 bits per heavy atom. The summed E-state index contributed by atoms with van der Waals surface area (Å²) in [4.78, 5) is 35.4. The summed E-state index contributed by atoms with van der Waals surface area (Å²) in [6.45, 7) is -1.02. The van der Waals surface area contributed by atoms with Crippen molar-refractivity contribution in [1.82, 2.24) is 15.3 Å². The van der Waals surface area contributed by atoms with Crippen LogP contribution in [0.5, 0.6) is 11.5 Å². The van der Waals surface area contributed by atoms with Crippen LogP contribution in [0.3, 0.4) is 0 Å². The van der Waals surface area contributed by atoms with Gasteiger partial charge in [-0.1, -0.05) is 6.07 Å². The molecule has 0 saturated heterocycles. The average molecular weight is 585 g/mol. The molecule has 3 N–H and O–H groups in total. The van der Waals surface area contributed by atoms with Crippen LogP contribution in [0, 0.1) is 11.7 Å². The minimum atomic E-state index is -1.66. The standard InChI is InChI=1S/C33H30F2N4O4/c34-16-33(32(36)41)17-42-30-25(33)14-26(39-29(30)19-5-7-22(35)8-6-19)24(18-3-4-18)15-38-31(40)21-12-20-2-1-11-37-28(20)27(13-21)43-23-9-10-23/h1-2,5-8,11-14,18,23-24H,3-4,9-10,15-17H2,(H2,36,41)(H,38,40)/t24-,33+/m0/s1. The number of ether oxygens (including phenoxy) is 2. The van der Waals surface area contributed by atoms with Gasteiger partial charge in [-0.05, 0) is 80.1 Å². The van der Waals surface area contributed by atoms with Crippen LogP contribution in [-0.2, 0) is 10.2 Å². The van der Waals surface area contributed by atoms with Gasteiger partial charge in [0, 0.05) is 46.4 Å². The first-order valence-electron chi connectivity index (χ1n) is 14.5. The van der Waals surface area contributed by atoms with Crippen LogP contribution in [0.25, 0.3) is 22.2 Å². The number of fused-ring (bicyclic) bond motifs is 2. The molecule has 3 heterocycles. The molecule has 0 radical (unpaired) electrons. The fraction of sp³-hybridized carbons (Fsp3) is 0.333. The number of amides is 2. The van der Waals surface area contributed by atoms with Crippen molar-refractivity contribution in [3.8, 4) is 22.8 Å². The summed E-state index contributed by atoms with van der Waals surface area (Å²) < 4.78 is 40.2. The number of halogens is 2. The second kappa shape index (κ2) is 10.6. The molecule has 4 aromatic rings. The molecule has 7 rings (SSSR count). The van der Waals surface area contributed by atoms with E-state index in [1.165, 1.54) is 12.1 Å². The third-order valence-electron chi connectivity index (χ3n) is 8.59. The van der Waals surface area contributed by atoms with Gasteiger partial charge in [-0.3, -0.25) is 14.6 Å². The van der Waals surface area contributed by atoms with Gasteiger partial charge in [-0.2, -0.15) is 0 Å². The average Bonchev–Trinajstić information content (AvgIpc) is 3.96. The van der Waals surface area contributed by atoms with Crippen LogP contribution in [0.4, 0.5) is 8.78 Å². The van der Waals surface area contributed by atoms with E-state index >= 15 is 0 Å². The van der Waals surface area contributed by atoms with Gasteiger partial charge in [0.15, 0.2) is 0 Å². The number of alkyl halides is 1. The van der Waals surface area contributed by atoms with Gasteiger partial charge in [0.05, 0.1) is 6.10 Å². The number of hydrogen-bond donors (Lipinski definition) is 2. The van der Waals surface area contributed by atoms with Gasteiger partial charge in [0.1, 0.15) is 47.2 Å². The summed E-state index contributed by atoms with van der Waals surface area (Å²) in [5.41, 5.74) is 7.08. The fourth-order valence-electron chi connectivity index (χ4n) is 5.76. The number of nitrogens with zero attached hydrogens (tertiary/aromatic N) is 2. The normalized spacial score (nSPS) is 19.9. The lowest BCUT2D eigenvalue weighted by Crippen LogP contribution is -2.44. The molecule has 10 heteroatoms. The van der Waals surface area contributed by atoms with Gasteiger partial charge in [0.2, 0.25) is 5.91 Å². The van der Waals surface area contributed by atoms with Crippen molar-refractivity contribution in [1.29, 1.82) is 0 Å². The molecule has 220 valence electrons. The highest BCUT2D eigenvalue weighted by atomic mass is 19.1. The van der Waals surface area contributed by atoms with E-state index in [0.717, 1.165) is 31.1 Å². The predicted octanol–water partition coefficient (Wildman–Crippen LogP) is 4.99. The number of hydrogen-bond acceptors (Lipinski definition) is 6. The van der Waals surface area contributed by atoms with Crippen molar-refractivity contribution >= 4 is 22.7 Å². The summed E-state index contributed by atoms with van der Waals surface area (Å²) in [7, 11) is 0. The summed E-state index contributed by atoms with van der Waals surface area (Å²) in [5.74, 6) is -0.652. The lowest BCUT2D eigenvalue weighted by molar-refractivity contribution is -0.124. The maximum atomic E-state index is 14.5. The number of carbonyl (C=O) groups excluding carboxylic acids is 2. The van der Waals surface area contributed by atoms with E-state index in [4.69, 9.17) is 20.2 Å². The first-order valence-corrected chi connectivity index (χ1v) is 14.5. The largest absolute Gasteiger partial charge is 0.489 e. The molecule has 2 fully saturated rings. The second-order valence-corrected chi connectivity index (χ2v) is 11.7. The maximum absolute atomic E-state index is 14.5.